The summed E-state index contributed by atoms with van der Waals surface area (Å²) in [5.74, 6) is -1.02. The van der Waals surface area contributed by atoms with Crippen molar-refractivity contribution in [3.63, 3.8) is 0 Å². The molecule has 0 rings (SSSR count). The van der Waals surface area contributed by atoms with Crippen molar-refractivity contribution >= 4 is 24.1 Å². The summed E-state index contributed by atoms with van der Waals surface area (Å²) in [5, 5.41) is 2.79. The van der Waals surface area contributed by atoms with Gasteiger partial charge in [-0.25, -0.2) is 14.4 Å². The Bertz CT molecular complexity index is 712. The lowest BCUT2D eigenvalue weighted by Crippen LogP contribution is -2.53. The van der Waals surface area contributed by atoms with E-state index in [4.69, 9.17) is 14.2 Å². The second kappa shape index (κ2) is 14.1. The molecular weight excluding hydrogens is 452 g/mol. The van der Waals surface area contributed by atoms with Crippen molar-refractivity contribution in [2.24, 2.45) is 0 Å². The molecule has 0 aromatic heterocycles. The van der Waals surface area contributed by atoms with Gasteiger partial charge in [-0.05, 0) is 87.7 Å². The fourth-order valence-corrected chi connectivity index (χ4v) is 2.76. The lowest BCUT2D eigenvalue weighted by atomic mass is 10.1. The molecule has 0 aliphatic heterocycles. The van der Waals surface area contributed by atoms with Crippen molar-refractivity contribution in [1.29, 1.82) is 0 Å². The Kier molecular flexibility index (Phi) is 13.1. The number of hydrogen-bond acceptors (Lipinski definition) is 7. The first-order valence-corrected chi connectivity index (χ1v) is 12.3. The fourth-order valence-electron chi connectivity index (χ4n) is 2.76. The molecule has 1 atom stereocenters. The number of esters is 1. The Morgan fingerprint density at radius 3 is 1.71 bits per heavy atom. The Labute approximate surface area is 210 Å². The zero-order chi connectivity index (χ0) is 27.4. The molecule has 0 aromatic rings. The second-order valence-corrected chi connectivity index (χ2v) is 11.4. The van der Waals surface area contributed by atoms with Crippen LogP contribution in [0.2, 0.25) is 0 Å². The molecule has 202 valence electrons. The molecule has 0 aromatic carbocycles. The number of nitrogens with zero attached hydrogens (tertiary/aromatic N) is 1. The van der Waals surface area contributed by atoms with E-state index < -0.39 is 41.0 Å². The zero-order valence-electron chi connectivity index (χ0n) is 23.3. The standard InChI is InChI=1S/C26H46N2O7/c1-11-12-15-18-27-20(29)17-14-13-16-19(21(30)33-24(2,3)4)28(22(31)34-25(5,6)7)23(32)35-26(8,9)10/h14,17,19H,11-13,15-16,18H2,1-10H3,(H,27,29)/b17-14+/t19-/m0/s1. The summed E-state index contributed by atoms with van der Waals surface area (Å²) in [7, 11) is 0. The molecule has 0 aliphatic rings. The highest BCUT2D eigenvalue weighted by Crippen LogP contribution is 2.22. The average Bonchev–Trinajstić information content (AvgIpc) is 2.63. The molecule has 0 bridgehead atoms. The largest absolute Gasteiger partial charge is 0.458 e. The number of carbonyl (C=O) groups excluding carboxylic acids is 4. The van der Waals surface area contributed by atoms with Crippen molar-refractivity contribution in [3.8, 4) is 0 Å². The monoisotopic (exact) mass is 498 g/mol. The smallest absolute Gasteiger partial charge is 0.420 e. The van der Waals surface area contributed by atoms with Gasteiger partial charge in [0.1, 0.15) is 22.8 Å². The Morgan fingerprint density at radius 2 is 1.29 bits per heavy atom. The van der Waals surface area contributed by atoms with Crippen molar-refractivity contribution in [1.82, 2.24) is 10.2 Å². The molecule has 9 heteroatoms. The number of carbonyl (C=O) groups is 4. The highest BCUT2D eigenvalue weighted by Gasteiger charge is 2.41. The minimum absolute atomic E-state index is 0.0208. The van der Waals surface area contributed by atoms with Crippen LogP contribution in [0, 0.1) is 0 Å². The van der Waals surface area contributed by atoms with Gasteiger partial charge in [0.15, 0.2) is 0 Å². The maximum atomic E-state index is 13.1. The number of unbranched alkanes of at least 4 members (excludes halogenated alkanes) is 2. The van der Waals surface area contributed by atoms with Crippen LogP contribution in [0.25, 0.3) is 0 Å². The van der Waals surface area contributed by atoms with Gasteiger partial charge in [0.25, 0.3) is 0 Å². The van der Waals surface area contributed by atoms with E-state index in [1.54, 1.807) is 68.4 Å². The van der Waals surface area contributed by atoms with Crippen LogP contribution < -0.4 is 5.32 Å². The van der Waals surface area contributed by atoms with Crippen molar-refractivity contribution < 1.29 is 33.4 Å². The minimum atomic E-state index is -1.31. The third-order valence-electron chi connectivity index (χ3n) is 4.13. The zero-order valence-corrected chi connectivity index (χ0v) is 23.3. The molecule has 0 saturated heterocycles. The highest BCUT2D eigenvalue weighted by atomic mass is 16.6. The van der Waals surface area contributed by atoms with Gasteiger partial charge in [0.05, 0.1) is 0 Å². The molecule has 0 heterocycles. The molecule has 0 unspecified atom stereocenters. The molecule has 0 fully saturated rings. The van der Waals surface area contributed by atoms with E-state index in [1.165, 1.54) is 6.08 Å². The quantitative estimate of drug-likeness (QED) is 0.183. The molecule has 3 amide bonds. The summed E-state index contributed by atoms with van der Waals surface area (Å²) in [5.41, 5.74) is -2.67. The number of amides is 3. The van der Waals surface area contributed by atoms with Crippen LogP contribution in [0.3, 0.4) is 0 Å². The Morgan fingerprint density at radius 1 is 0.800 bits per heavy atom. The van der Waals surface area contributed by atoms with E-state index in [0.29, 0.717) is 11.4 Å². The first-order chi connectivity index (χ1) is 15.9. The first kappa shape index (κ1) is 32.4. The fraction of sp³-hybridized carbons (Fsp3) is 0.769. The number of ether oxygens (including phenoxy) is 3. The summed E-state index contributed by atoms with van der Waals surface area (Å²) in [6, 6.07) is -1.31. The number of imide groups is 1. The predicted molar refractivity (Wildman–Crippen MR) is 135 cm³/mol. The molecular formula is C26H46N2O7. The normalized spacial score (nSPS) is 13.2. The van der Waals surface area contributed by atoms with Gasteiger partial charge in [-0.2, -0.15) is 4.90 Å². The molecule has 1 N–H and O–H groups in total. The Hall–Kier alpha value is -2.58. The topological polar surface area (TPSA) is 111 Å². The van der Waals surface area contributed by atoms with Crippen molar-refractivity contribution in [3.05, 3.63) is 12.2 Å². The van der Waals surface area contributed by atoms with Crippen LogP contribution in [0.15, 0.2) is 12.2 Å². The van der Waals surface area contributed by atoms with Gasteiger partial charge in [-0.1, -0.05) is 25.8 Å². The van der Waals surface area contributed by atoms with Gasteiger partial charge in [0.2, 0.25) is 5.91 Å². The molecule has 0 aliphatic carbocycles. The number of hydrogen-bond donors (Lipinski definition) is 1. The summed E-state index contributed by atoms with van der Waals surface area (Å²) in [4.78, 5) is 51.8. The van der Waals surface area contributed by atoms with E-state index in [9.17, 15) is 19.2 Å². The summed E-state index contributed by atoms with van der Waals surface area (Å²) >= 11 is 0. The van der Waals surface area contributed by atoms with Gasteiger partial charge in [-0.15, -0.1) is 0 Å². The van der Waals surface area contributed by atoms with E-state index in [-0.39, 0.29) is 18.7 Å². The van der Waals surface area contributed by atoms with Crippen LogP contribution in [0.1, 0.15) is 101 Å². The molecule has 0 radical (unpaired) electrons. The summed E-state index contributed by atoms with van der Waals surface area (Å²) < 4.78 is 16.3. The highest BCUT2D eigenvalue weighted by molar-refractivity contribution is 5.94. The van der Waals surface area contributed by atoms with Gasteiger partial charge in [0, 0.05) is 6.54 Å². The van der Waals surface area contributed by atoms with Gasteiger partial charge < -0.3 is 19.5 Å². The number of rotatable bonds is 10. The lowest BCUT2D eigenvalue weighted by Gasteiger charge is -2.33. The van der Waals surface area contributed by atoms with Crippen LogP contribution in [0.5, 0.6) is 0 Å². The molecule has 35 heavy (non-hydrogen) atoms. The van der Waals surface area contributed by atoms with Crippen molar-refractivity contribution in [2.75, 3.05) is 6.54 Å². The lowest BCUT2D eigenvalue weighted by molar-refractivity contribution is -0.161. The molecule has 9 nitrogen and oxygen atoms in total. The third kappa shape index (κ3) is 15.9. The second-order valence-electron chi connectivity index (χ2n) is 11.4. The average molecular weight is 499 g/mol. The molecule has 0 saturated carbocycles. The van der Waals surface area contributed by atoms with Crippen molar-refractivity contribution in [2.45, 2.75) is 124 Å². The van der Waals surface area contributed by atoms with Crippen LogP contribution >= 0.6 is 0 Å². The summed E-state index contributed by atoms with van der Waals surface area (Å²) in [6.07, 6.45) is 4.19. The van der Waals surface area contributed by atoms with E-state index in [2.05, 4.69) is 12.2 Å². The van der Waals surface area contributed by atoms with E-state index >= 15 is 0 Å². The van der Waals surface area contributed by atoms with Crippen LogP contribution in [-0.2, 0) is 23.8 Å². The SMILES string of the molecule is CCCCCNC(=O)/C=C/CC[C@@H](C(=O)OC(C)(C)C)N(C(=O)OC(C)(C)C)C(=O)OC(C)(C)C. The van der Waals surface area contributed by atoms with Gasteiger partial charge in [-0.3, -0.25) is 4.79 Å². The first-order valence-electron chi connectivity index (χ1n) is 12.3. The predicted octanol–water partition coefficient (Wildman–Crippen LogP) is 5.51. The van der Waals surface area contributed by atoms with Crippen LogP contribution in [-0.4, -0.2) is 58.4 Å². The number of nitrogens with one attached hydrogen (secondary N) is 1. The van der Waals surface area contributed by atoms with Gasteiger partial charge >= 0.3 is 18.2 Å². The maximum absolute atomic E-state index is 13.1. The minimum Gasteiger partial charge on any atom is -0.458 e. The molecule has 0 spiro atoms. The third-order valence-corrected chi connectivity index (χ3v) is 4.13. The Balaban J connectivity index is 5.78. The van der Waals surface area contributed by atoms with E-state index in [1.807, 2.05) is 0 Å². The summed E-state index contributed by atoms with van der Waals surface area (Å²) in [6.45, 7) is 17.7. The van der Waals surface area contributed by atoms with Crippen LogP contribution in [0.4, 0.5) is 9.59 Å². The maximum Gasteiger partial charge on any atom is 0.420 e. The van der Waals surface area contributed by atoms with E-state index in [0.717, 1.165) is 19.3 Å². The number of allylic oxidation sites excluding steroid dienone is 1.